The Balaban J connectivity index is 1.59. The number of nitrogens with one attached hydrogen (secondary N) is 2. The molecule has 142 valence electrons. The third-order valence-electron chi connectivity index (χ3n) is 4.43. The number of hydrogen-bond donors (Lipinski definition) is 2. The highest BCUT2D eigenvalue weighted by Crippen LogP contribution is 2.26. The van der Waals surface area contributed by atoms with Gasteiger partial charge in [0.15, 0.2) is 0 Å². The third-order valence-corrected chi connectivity index (χ3v) is 4.43. The largest absolute Gasteiger partial charge is 0.485 e. The number of carbonyl (C=O) groups excluding carboxylic acids is 2. The molecular formula is C20H24N4O3. The highest BCUT2D eigenvalue weighted by molar-refractivity contribution is 5.92. The van der Waals surface area contributed by atoms with E-state index in [1.807, 2.05) is 37.3 Å². The highest BCUT2D eigenvalue weighted by atomic mass is 16.5. The Labute approximate surface area is 158 Å². The number of urea groups is 1. The van der Waals surface area contributed by atoms with Crippen molar-refractivity contribution in [3.05, 3.63) is 54.4 Å². The molecule has 1 unspecified atom stereocenters. The lowest BCUT2D eigenvalue weighted by molar-refractivity contribution is -0.124. The van der Waals surface area contributed by atoms with Gasteiger partial charge in [-0.05, 0) is 37.6 Å². The first-order valence-corrected chi connectivity index (χ1v) is 9.12. The minimum atomic E-state index is -0.226. The van der Waals surface area contributed by atoms with Crippen molar-refractivity contribution in [2.45, 2.75) is 20.0 Å². The number of rotatable bonds is 6. The molecule has 1 atom stereocenters. The number of anilines is 1. The zero-order valence-corrected chi connectivity index (χ0v) is 15.4. The van der Waals surface area contributed by atoms with E-state index in [9.17, 15) is 9.59 Å². The summed E-state index contributed by atoms with van der Waals surface area (Å²) in [6.07, 6.45) is 2.39. The Hall–Kier alpha value is -3.09. The van der Waals surface area contributed by atoms with Crippen molar-refractivity contribution in [2.24, 2.45) is 5.92 Å². The predicted molar refractivity (Wildman–Crippen MR) is 102 cm³/mol. The topological polar surface area (TPSA) is 83.6 Å². The number of likely N-dealkylation sites (tertiary alicyclic amines) is 1. The molecule has 7 heteroatoms. The lowest BCUT2D eigenvalue weighted by Crippen LogP contribution is -2.36. The molecule has 1 fully saturated rings. The van der Waals surface area contributed by atoms with Gasteiger partial charge in [0.1, 0.15) is 12.4 Å². The summed E-state index contributed by atoms with van der Waals surface area (Å²) in [5.74, 6) is 0.439. The smallest absolute Gasteiger partial charge is 0.321 e. The number of carbonyl (C=O) groups is 2. The summed E-state index contributed by atoms with van der Waals surface area (Å²) in [6.45, 7) is 3.79. The van der Waals surface area contributed by atoms with Gasteiger partial charge in [-0.1, -0.05) is 18.2 Å². The van der Waals surface area contributed by atoms with Crippen molar-refractivity contribution in [1.82, 2.24) is 15.2 Å². The molecule has 2 aromatic rings. The van der Waals surface area contributed by atoms with E-state index in [0.29, 0.717) is 44.1 Å². The van der Waals surface area contributed by atoms with Crippen molar-refractivity contribution in [1.29, 1.82) is 0 Å². The van der Waals surface area contributed by atoms with Gasteiger partial charge in [0.25, 0.3) is 0 Å². The molecule has 0 radical (unpaired) electrons. The standard InChI is InChI=1S/C20H24N4O3/c1-2-21-19(25)15-10-12-24(13-15)20(26)23-17-8-3-4-9-18(17)27-14-16-7-5-6-11-22-16/h3-9,11,15H,2,10,12-14H2,1H3,(H,21,25)(H,23,26). The molecule has 0 aliphatic carbocycles. The molecule has 1 saturated heterocycles. The van der Waals surface area contributed by atoms with Crippen molar-refractivity contribution in [3.8, 4) is 5.75 Å². The lowest BCUT2D eigenvalue weighted by atomic mass is 10.1. The van der Waals surface area contributed by atoms with Crippen LogP contribution in [-0.2, 0) is 11.4 Å². The molecule has 2 heterocycles. The van der Waals surface area contributed by atoms with Crippen LogP contribution in [0.1, 0.15) is 19.0 Å². The summed E-state index contributed by atoms with van der Waals surface area (Å²) in [5, 5.41) is 5.70. The number of pyridine rings is 1. The Morgan fingerprint density at radius 2 is 2.04 bits per heavy atom. The SMILES string of the molecule is CCNC(=O)C1CCN(C(=O)Nc2ccccc2OCc2ccccn2)C1. The van der Waals surface area contributed by atoms with E-state index in [0.717, 1.165) is 5.69 Å². The van der Waals surface area contributed by atoms with E-state index in [4.69, 9.17) is 4.74 Å². The van der Waals surface area contributed by atoms with Crippen molar-refractivity contribution >= 4 is 17.6 Å². The minimum absolute atomic E-state index is 0.00638. The van der Waals surface area contributed by atoms with Crippen molar-refractivity contribution in [3.63, 3.8) is 0 Å². The normalized spacial score (nSPS) is 16.0. The zero-order valence-electron chi connectivity index (χ0n) is 15.4. The van der Waals surface area contributed by atoms with E-state index in [1.54, 1.807) is 23.2 Å². The zero-order chi connectivity index (χ0) is 19.1. The number of hydrogen-bond acceptors (Lipinski definition) is 4. The van der Waals surface area contributed by atoms with Crippen LogP contribution in [0.5, 0.6) is 5.75 Å². The molecule has 1 aromatic heterocycles. The fraction of sp³-hybridized carbons (Fsp3) is 0.350. The van der Waals surface area contributed by atoms with Crippen LogP contribution >= 0.6 is 0 Å². The van der Waals surface area contributed by atoms with Gasteiger partial charge in [0, 0.05) is 25.8 Å². The van der Waals surface area contributed by atoms with Crippen LogP contribution in [0.25, 0.3) is 0 Å². The molecule has 0 bridgehead atoms. The Morgan fingerprint density at radius 1 is 1.22 bits per heavy atom. The van der Waals surface area contributed by atoms with E-state index in [2.05, 4.69) is 15.6 Å². The van der Waals surface area contributed by atoms with Gasteiger partial charge in [-0.3, -0.25) is 9.78 Å². The van der Waals surface area contributed by atoms with Crippen LogP contribution in [0.2, 0.25) is 0 Å². The molecule has 7 nitrogen and oxygen atoms in total. The quantitative estimate of drug-likeness (QED) is 0.821. The van der Waals surface area contributed by atoms with Crippen LogP contribution in [-0.4, -0.2) is 41.5 Å². The number of ether oxygens (including phenoxy) is 1. The molecule has 3 amide bonds. The molecule has 0 saturated carbocycles. The molecule has 2 N–H and O–H groups in total. The first-order chi connectivity index (χ1) is 13.2. The second-order valence-electron chi connectivity index (χ2n) is 6.36. The molecule has 1 aromatic carbocycles. The maximum Gasteiger partial charge on any atom is 0.321 e. The van der Waals surface area contributed by atoms with E-state index in [1.165, 1.54) is 0 Å². The van der Waals surface area contributed by atoms with E-state index in [-0.39, 0.29) is 17.9 Å². The summed E-state index contributed by atoms with van der Waals surface area (Å²) in [5.41, 5.74) is 1.41. The first kappa shape index (κ1) is 18.7. The summed E-state index contributed by atoms with van der Waals surface area (Å²) in [7, 11) is 0. The Bertz CT molecular complexity index is 782. The van der Waals surface area contributed by atoms with Crippen LogP contribution in [0.4, 0.5) is 10.5 Å². The number of amides is 3. The summed E-state index contributed by atoms with van der Waals surface area (Å²) in [6, 6.07) is 12.7. The minimum Gasteiger partial charge on any atom is -0.485 e. The molecular weight excluding hydrogens is 344 g/mol. The van der Waals surface area contributed by atoms with Gasteiger partial charge in [0.05, 0.1) is 17.3 Å². The van der Waals surface area contributed by atoms with Gasteiger partial charge < -0.3 is 20.3 Å². The molecule has 27 heavy (non-hydrogen) atoms. The van der Waals surface area contributed by atoms with E-state index >= 15 is 0 Å². The van der Waals surface area contributed by atoms with Gasteiger partial charge in [-0.25, -0.2) is 4.79 Å². The van der Waals surface area contributed by atoms with Gasteiger partial charge in [-0.15, -0.1) is 0 Å². The first-order valence-electron chi connectivity index (χ1n) is 9.12. The van der Waals surface area contributed by atoms with Gasteiger partial charge >= 0.3 is 6.03 Å². The van der Waals surface area contributed by atoms with Crippen molar-refractivity contribution in [2.75, 3.05) is 25.0 Å². The number of benzene rings is 1. The molecule has 1 aliphatic heterocycles. The Morgan fingerprint density at radius 3 is 2.81 bits per heavy atom. The maximum absolute atomic E-state index is 12.6. The van der Waals surface area contributed by atoms with Crippen molar-refractivity contribution < 1.29 is 14.3 Å². The average Bonchev–Trinajstić information content (AvgIpc) is 3.19. The van der Waals surface area contributed by atoms with Crippen LogP contribution in [0.3, 0.4) is 0 Å². The number of nitrogens with zero attached hydrogens (tertiary/aromatic N) is 2. The fourth-order valence-corrected chi connectivity index (χ4v) is 3.00. The summed E-state index contributed by atoms with van der Waals surface area (Å²) >= 11 is 0. The average molecular weight is 368 g/mol. The van der Waals surface area contributed by atoms with Gasteiger partial charge in [-0.2, -0.15) is 0 Å². The van der Waals surface area contributed by atoms with Crippen LogP contribution < -0.4 is 15.4 Å². The highest BCUT2D eigenvalue weighted by Gasteiger charge is 2.31. The number of para-hydroxylation sites is 2. The fourth-order valence-electron chi connectivity index (χ4n) is 3.00. The van der Waals surface area contributed by atoms with E-state index < -0.39 is 0 Å². The number of aromatic nitrogens is 1. The molecule has 3 rings (SSSR count). The lowest BCUT2D eigenvalue weighted by Gasteiger charge is -2.19. The van der Waals surface area contributed by atoms with Crippen LogP contribution in [0, 0.1) is 5.92 Å². The predicted octanol–water partition coefficient (Wildman–Crippen LogP) is 2.65. The molecule has 1 aliphatic rings. The molecule has 0 spiro atoms. The second-order valence-corrected chi connectivity index (χ2v) is 6.36. The summed E-state index contributed by atoms with van der Waals surface area (Å²) < 4.78 is 5.82. The summed E-state index contributed by atoms with van der Waals surface area (Å²) in [4.78, 5) is 30.4. The second kappa shape index (κ2) is 9.02. The maximum atomic E-state index is 12.6. The van der Waals surface area contributed by atoms with Gasteiger partial charge in [0.2, 0.25) is 5.91 Å². The Kier molecular flexibility index (Phi) is 6.25. The monoisotopic (exact) mass is 368 g/mol. The third kappa shape index (κ3) is 4.97. The van der Waals surface area contributed by atoms with Crippen LogP contribution in [0.15, 0.2) is 48.7 Å².